The van der Waals surface area contributed by atoms with E-state index in [0.29, 0.717) is 11.4 Å². The molecule has 5 aromatic rings. The molecular weight excluding hydrogens is 647 g/mol. The maximum atomic E-state index is 13.6. The van der Waals surface area contributed by atoms with Crippen molar-refractivity contribution in [1.82, 2.24) is 9.88 Å². The Morgan fingerprint density at radius 3 is 2.33 bits per heavy atom. The summed E-state index contributed by atoms with van der Waals surface area (Å²) in [6.45, 7) is 10.1. The summed E-state index contributed by atoms with van der Waals surface area (Å²) in [5.74, 6) is 0.197. The molecule has 1 aliphatic rings. The first-order valence-corrected chi connectivity index (χ1v) is 18.0. The number of amides is 2. The zero-order valence-electron chi connectivity index (χ0n) is 27.4. The zero-order chi connectivity index (χ0) is 33.9. The number of fused-ring (bicyclic) bond motifs is 1. The second-order valence-corrected chi connectivity index (χ2v) is 15.5. The molecule has 3 N–H and O–H groups in total. The molecule has 0 aliphatic carbocycles. The second-order valence-electron chi connectivity index (χ2n) is 12.6. The van der Waals surface area contributed by atoms with Crippen molar-refractivity contribution < 1.29 is 22.7 Å². The third-order valence-corrected chi connectivity index (χ3v) is 11.0. The van der Waals surface area contributed by atoms with Crippen LogP contribution in [0.5, 0.6) is 5.75 Å². The van der Waals surface area contributed by atoms with Crippen LogP contribution in [0.15, 0.2) is 88.6 Å². The molecule has 0 bridgehead atoms. The van der Waals surface area contributed by atoms with Crippen molar-refractivity contribution in [2.45, 2.75) is 36.9 Å². The first kappa shape index (κ1) is 33.4. The van der Waals surface area contributed by atoms with Gasteiger partial charge < -0.3 is 20.1 Å². The van der Waals surface area contributed by atoms with Crippen LogP contribution in [0.25, 0.3) is 21.9 Å². The molecule has 10 nitrogen and oxygen atoms in total. The van der Waals surface area contributed by atoms with E-state index in [2.05, 4.69) is 32.4 Å². The van der Waals surface area contributed by atoms with E-state index in [4.69, 9.17) is 14.5 Å². The van der Waals surface area contributed by atoms with E-state index in [1.54, 1.807) is 23.6 Å². The molecule has 0 atom stereocenters. The zero-order valence-corrected chi connectivity index (χ0v) is 29.0. The predicted molar refractivity (Wildman–Crippen MR) is 193 cm³/mol. The SMILES string of the molecule is COc1c(NC(=O)Nc2ccc(-c3ccc(CN4CCOCC4)nc3)c3ccccc23)cc(C(C)(C)C)cc1NS(=O)(=O)c1cccs1. The predicted octanol–water partition coefficient (Wildman–Crippen LogP) is 7.55. The Kier molecular flexibility index (Phi) is 9.70. The third-order valence-electron chi connectivity index (χ3n) is 8.21. The third kappa shape index (κ3) is 7.47. The molecular formula is C36H39N5O5S2. The number of aromatic nitrogens is 1. The van der Waals surface area contributed by atoms with Crippen LogP contribution < -0.4 is 20.1 Å². The number of morpholine rings is 1. The number of sulfonamides is 1. The maximum absolute atomic E-state index is 13.6. The minimum atomic E-state index is -3.87. The van der Waals surface area contributed by atoms with Gasteiger partial charge in [0.1, 0.15) is 4.21 Å². The van der Waals surface area contributed by atoms with Crippen LogP contribution in [0.1, 0.15) is 32.0 Å². The van der Waals surface area contributed by atoms with Gasteiger partial charge in [0.2, 0.25) is 0 Å². The van der Waals surface area contributed by atoms with Gasteiger partial charge in [0, 0.05) is 36.8 Å². The number of nitrogens with zero attached hydrogens (tertiary/aromatic N) is 2. The first-order valence-electron chi connectivity index (χ1n) is 15.7. The number of carbonyl (C=O) groups is 1. The summed E-state index contributed by atoms with van der Waals surface area (Å²) in [6, 6.07) is 22.2. The minimum absolute atomic E-state index is 0.174. The lowest BCUT2D eigenvalue weighted by atomic mass is 9.86. The number of benzene rings is 3. The number of urea groups is 1. The Bertz CT molecular complexity index is 2020. The average Bonchev–Trinajstić information content (AvgIpc) is 3.62. The van der Waals surface area contributed by atoms with Gasteiger partial charge in [0.25, 0.3) is 10.0 Å². The minimum Gasteiger partial charge on any atom is -0.492 e. The Hall–Kier alpha value is -4.49. The highest BCUT2D eigenvalue weighted by Crippen LogP contribution is 2.40. The van der Waals surface area contributed by atoms with E-state index in [1.807, 2.05) is 63.4 Å². The quantitative estimate of drug-likeness (QED) is 0.147. The smallest absolute Gasteiger partial charge is 0.323 e. The summed E-state index contributed by atoms with van der Waals surface area (Å²) in [6.07, 6.45) is 1.90. The number of methoxy groups -OCH3 is 1. The number of nitrogens with one attached hydrogen (secondary N) is 3. The number of anilines is 3. The molecule has 2 aromatic heterocycles. The fourth-order valence-corrected chi connectivity index (χ4v) is 7.71. The van der Waals surface area contributed by atoms with E-state index in [0.717, 1.165) is 77.3 Å². The van der Waals surface area contributed by atoms with E-state index < -0.39 is 16.1 Å². The Morgan fingerprint density at radius 1 is 0.938 bits per heavy atom. The molecule has 0 radical (unpaired) electrons. The van der Waals surface area contributed by atoms with Crippen LogP contribution >= 0.6 is 11.3 Å². The van der Waals surface area contributed by atoms with Gasteiger partial charge >= 0.3 is 6.03 Å². The molecule has 0 saturated carbocycles. The van der Waals surface area contributed by atoms with Gasteiger partial charge in [-0.05, 0) is 57.6 Å². The summed E-state index contributed by atoms with van der Waals surface area (Å²) in [5.41, 5.74) is 4.62. The summed E-state index contributed by atoms with van der Waals surface area (Å²) in [4.78, 5) is 20.6. The summed E-state index contributed by atoms with van der Waals surface area (Å²) in [5, 5.41) is 9.43. The van der Waals surface area contributed by atoms with Crippen molar-refractivity contribution >= 4 is 55.2 Å². The fourth-order valence-electron chi connectivity index (χ4n) is 5.66. The lowest BCUT2D eigenvalue weighted by Gasteiger charge is -2.26. The first-order chi connectivity index (χ1) is 23.0. The highest BCUT2D eigenvalue weighted by molar-refractivity contribution is 7.94. The van der Waals surface area contributed by atoms with Gasteiger partial charge in [0.15, 0.2) is 5.75 Å². The van der Waals surface area contributed by atoms with E-state index >= 15 is 0 Å². The van der Waals surface area contributed by atoms with Crippen LogP contribution in [0.4, 0.5) is 21.9 Å². The van der Waals surface area contributed by atoms with Gasteiger partial charge in [-0.3, -0.25) is 14.6 Å². The molecule has 250 valence electrons. The summed E-state index contributed by atoms with van der Waals surface area (Å²) >= 11 is 1.12. The molecule has 48 heavy (non-hydrogen) atoms. The number of carbonyl (C=O) groups excluding carboxylic acids is 1. The lowest BCUT2D eigenvalue weighted by Crippen LogP contribution is -2.35. The standard InChI is InChI=1S/C36H39N5O5S2/c1-36(2,3)25-20-31(34(45-4)32(21-25)40-48(43,44)33-10-7-19-47-33)39-35(42)38-30-14-13-27(28-8-5-6-9-29(28)30)24-11-12-26(37-22-24)23-41-15-17-46-18-16-41/h5-14,19-22,40H,15-18,23H2,1-4H3,(H2,38,39,42). The van der Waals surface area contributed by atoms with Crippen LogP contribution in [0, 0.1) is 0 Å². The van der Waals surface area contributed by atoms with Crippen molar-refractivity contribution in [3.05, 3.63) is 95.6 Å². The molecule has 1 aliphatic heterocycles. The molecule has 12 heteroatoms. The number of hydrogen-bond acceptors (Lipinski definition) is 8. The van der Waals surface area contributed by atoms with Crippen molar-refractivity contribution in [2.24, 2.45) is 0 Å². The Morgan fingerprint density at radius 2 is 1.67 bits per heavy atom. The molecule has 3 heterocycles. The molecule has 1 saturated heterocycles. The van der Waals surface area contributed by atoms with Gasteiger partial charge in [0.05, 0.1) is 43.1 Å². The average molecular weight is 686 g/mol. The normalized spacial score (nSPS) is 14.1. The monoisotopic (exact) mass is 685 g/mol. The van der Waals surface area contributed by atoms with E-state index in [-0.39, 0.29) is 21.1 Å². The molecule has 0 spiro atoms. The van der Waals surface area contributed by atoms with Crippen molar-refractivity contribution in [3.8, 4) is 16.9 Å². The van der Waals surface area contributed by atoms with E-state index in [9.17, 15) is 13.2 Å². The molecule has 2 amide bonds. The molecule has 6 rings (SSSR count). The lowest BCUT2D eigenvalue weighted by molar-refractivity contribution is 0.0336. The highest BCUT2D eigenvalue weighted by Gasteiger charge is 2.25. The van der Waals surface area contributed by atoms with Crippen molar-refractivity contribution in [2.75, 3.05) is 48.8 Å². The second kappa shape index (κ2) is 13.9. The molecule has 3 aromatic carbocycles. The fraction of sp³-hybridized carbons (Fsp3) is 0.278. The number of thiophene rings is 1. The summed E-state index contributed by atoms with van der Waals surface area (Å²) < 4.78 is 40.3. The van der Waals surface area contributed by atoms with E-state index in [1.165, 1.54) is 13.2 Å². The van der Waals surface area contributed by atoms with Crippen LogP contribution in [-0.4, -0.2) is 57.7 Å². The van der Waals surface area contributed by atoms with Crippen LogP contribution in [-0.2, 0) is 26.7 Å². The van der Waals surface area contributed by atoms with Gasteiger partial charge in [-0.25, -0.2) is 13.2 Å². The number of hydrogen-bond donors (Lipinski definition) is 3. The largest absolute Gasteiger partial charge is 0.492 e. The molecule has 0 unspecified atom stereocenters. The topological polar surface area (TPSA) is 122 Å². The Balaban J connectivity index is 1.26. The van der Waals surface area contributed by atoms with Crippen LogP contribution in [0.2, 0.25) is 0 Å². The highest BCUT2D eigenvalue weighted by atomic mass is 32.2. The summed E-state index contributed by atoms with van der Waals surface area (Å²) in [7, 11) is -2.43. The van der Waals surface area contributed by atoms with Crippen LogP contribution in [0.3, 0.4) is 0 Å². The van der Waals surface area contributed by atoms with Crippen molar-refractivity contribution in [1.29, 1.82) is 0 Å². The number of pyridine rings is 1. The number of ether oxygens (including phenoxy) is 2. The maximum Gasteiger partial charge on any atom is 0.323 e. The Labute approximate surface area is 285 Å². The van der Waals surface area contributed by atoms with Gasteiger partial charge in [-0.15, -0.1) is 11.3 Å². The van der Waals surface area contributed by atoms with Crippen molar-refractivity contribution in [3.63, 3.8) is 0 Å². The van der Waals surface area contributed by atoms with Gasteiger partial charge in [-0.2, -0.15) is 0 Å². The van der Waals surface area contributed by atoms with Gasteiger partial charge in [-0.1, -0.05) is 63.2 Å². The molecule has 1 fully saturated rings. The number of rotatable bonds is 9.